The predicted octanol–water partition coefficient (Wildman–Crippen LogP) is 4.60. The van der Waals surface area contributed by atoms with Crippen LogP contribution in [0.3, 0.4) is 0 Å². The average Bonchev–Trinajstić information content (AvgIpc) is 2.16. The fraction of sp³-hybridized carbons (Fsp3) is 0.625. The van der Waals surface area contributed by atoms with Gasteiger partial charge in [-0.25, -0.2) is 0 Å². The third-order valence-electron chi connectivity index (χ3n) is 2.25. The highest BCUT2D eigenvalue weighted by molar-refractivity contribution is 5.43. The molecular weight excluding hydrogens is 224 g/mol. The van der Waals surface area contributed by atoms with Gasteiger partial charge in [-0.15, -0.1) is 0 Å². The van der Waals surface area contributed by atoms with Crippen LogP contribution in [-0.4, -0.2) is 11.2 Å². The summed E-state index contributed by atoms with van der Waals surface area (Å²) in [4.78, 5) is 0. The number of benzene rings is 1. The smallest absolute Gasteiger partial charge is 0.162 e. The molecule has 0 saturated heterocycles. The minimum atomic E-state index is -0.220. The Bertz CT molecular complexity index is 395. The minimum absolute atomic E-state index is 0.219. The van der Waals surface area contributed by atoms with E-state index in [1.807, 2.05) is 47.6 Å². The van der Waals surface area contributed by atoms with Gasteiger partial charge in [0.2, 0.25) is 0 Å². The van der Waals surface area contributed by atoms with Crippen LogP contribution in [0, 0.1) is 0 Å². The summed E-state index contributed by atoms with van der Waals surface area (Å²) in [5.74, 6) is 1.64. The fourth-order valence-electron chi connectivity index (χ4n) is 1.60. The summed E-state index contributed by atoms with van der Waals surface area (Å²) >= 11 is 0. The van der Waals surface area contributed by atoms with Crippen molar-refractivity contribution < 1.29 is 9.47 Å². The summed E-state index contributed by atoms with van der Waals surface area (Å²) in [6.07, 6.45) is 0.996. The van der Waals surface area contributed by atoms with E-state index < -0.39 is 0 Å². The van der Waals surface area contributed by atoms with Crippen molar-refractivity contribution in [1.82, 2.24) is 0 Å². The molecule has 0 saturated carbocycles. The quantitative estimate of drug-likeness (QED) is 0.780. The summed E-state index contributed by atoms with van der Waals surface area (Å²) in [7, 11) is 0. The molecular formula is C16H26O2. The van der Waals surface area contributed by atoms with Gasteiger partial charge in [0, 0.05) is 0 Å². The zero-order valence-electron chi connectivity index (χ0n) is 12.8. The topological polar surface area (TPSA) is 18.5 Å². The molecule has 0 aliphatic carbocycles. The van der Waals surface area contributed by atoms with Crippen molar-refractivity contribution in [2.75, 3.05) is 0 Å². The zero-order valence-corrected chi connectivity index (χ0v) is 12.8. The predicted molar refractivity (Wildman–Crippen MR) is 76.6 cm³/mol. The number of aryl methyl sites for hydroxylation is 1. The Labute approximate surface area is 111 Å². The van der Waals surface area contributed by atoms with Crippen molar-refractivity contribution in [2.24, 2.45) is 0 Å². The molecule has 1 aromatic rings. The summed E-state index contributed by atoms with van der Waals surface area (Å²) in [6.45, 7) is 14.4. The van der Waals surface area contributed by atoms with Gasteiger partial charge in [0.25, 0.3) is 0 Å². The Morgan fingerprint density at radius 1 is 0.833 bits per heavy atom. The highest BCUT2D eigenvalue weighted by Gasteiger charge is 2.19. The maximum atomic E-state index is 6.00. The molecule has 0 fully saturated rings. The van der Waals surface area contributed by atoms with Crippen LogP contribution in [0.1, 0.15) is 54.0 Å². The van der Waals surface area contributed by atoms with Gasteiger partial charge >= 0.3 is 0 Å². The van der Waals surface area contributed by atoms with Crippen LogP contribution < -0.4 is 9.47 Å². The highest BCUT2D eigenvalue weighted by Crippen LogP contribution is 2.33. The van der Waals surface area contributed by atoms with Crippen LogP contribution in [0.25, 0.3) is 0 Å². The first-order chi connectivity index (χ1) is 8.11. The van der Waals surface area contributed by atoms with Gasteiger partial charge < -0.3 is 9.47 Å². The van der Waals surface area contributed by atoms with Crippen molar-refractivity contribution in [3.63, 3.8) is 0 Å². The van der Waals surface area contributed by atoms with Crippen molar-refractivity contribution >= 4 is 0 Å². The van der Waals surface area contributed by atoms with Crippen LogP contribution in [0.5, 0.6) is 11.5 Å². The summed E-state index contributed by atoms with van der Waals surface area (Å²) < 4.78 is 11.9. The monoisotopic (exact) mass is 250 g/mol. The van der Waals surface area contributed by atoms with Gasteiger partial charge in [0.15, 0.2) is 11.5 Å². The van der Waals surface area contributed by atoms with Crippen LogP contribution in [-0.2, 0) is 6.42 Å². The lowest BCUT2D eigenvalue weighted by molar-refractivity contribution is 0.0956. The molecule has 0 N–H and O–H groups in total. The number of hydrogen-bond acceptors (Lipinski definition) is 2. The zero-order chi connectivity index (χ0) is 14.0. The maximum absolute atomic E-state index is 6.00. The van der Waals surface area contributed by atoms with E-state index in [-0.39, 0.29) is 11.2 Å². The maximum Gasteiger partial charge on any atom is 0.162 e. The molecule has 1 rings (SSSR count). The largest absolute Gasteiger partial charge is 0.484 e. The molecule has 0 amide bonds. The first kappa shape index (κ1) is 14.9. The lowest BCUT2D eigenvalue weighted by Gasteiger charge is -2.27. The normalized spacial score (nSPS) is 12.4. The first-order valence-electron chi connectivity index (χ1n) is 6.62. The third kappa shape index (κ3) is 4.99. The number of hydrogen-bond donors (Lipinski definition) is 0. The lowest BCUT2D eigenvalue weighted by Crippen LogP contribution is -2.26. The van der Waals surface area contributed by atoms with Gasteiger partial charge in [0.05, 0.1) is 0 Å². The molecule has 102 valence electrons. The molecule has 0 unspecified atom stereocenters. The lowest BCUT2D eigenvalue weighted by atomic mass is 10.1. The molecule has 0 heterocycles. The molecule has 0 atom stereocenters. The minimum Gasteiger partial charge on any atom is -0.484 e. The van der Waals surface area contributed by atoms with Crippen molar-refractivity contribution in [3.05, 3.63) is 23.8 Å². The summed E-state index contributed by atoms with van der Waals surface area (Å²) in [5, 5.41) is 0. The highest BCUT2D eigenvalue weighted by atomic mass is 16.5. The van der Waals surface area contributed by atoms with E-state index in [0.29, 0.717) is 0 Å². The van der Waals surface area contributed by atoms with Gasteiger partial charge in [-0.05, 0) is 65.7 Å². The van der Waals surface area contributed by atoms with E-state index in [9.17, 15) is 0 Å². The van der Waals surface area contributed by atoms with Gasteiger partial charge in [-0.1, -0.05) is 13.0 Å². The Morgan fingerprint density at radius 2 is 1.33 bits per heavy atom. The molecule has 1 aromatic carbocycles. The van der Waals surface area contributed by atoms with E-state index in [4.69, 9.17) is 9.47 Å². The number of rotatable bonds is 3. The fourth-order valence-corrected chi connectivity index (χ4v) is 1.60. The van der Waals surface area contributed by atoms with E-state index >= 15 is 0 Å². The molecule has 0 spiro atoms. The van der Waals surface area contributed by atoms with E-state index in [1.165, 1.54) is 5.56 Å². The Kier molecular flexibility index (Phi) is 4.31. The van der Waals surface area contributed by atoms with Gasteiger partial charge in [-0.2, -0.15) is 0 Å². The second-order valence-corrected chi connectivity index (χ2v) is 6.56. The van der Waals surface area contributed by atoms with Crippen molar-refractivity contribution in [2.45, 2.75) is 66.1 Å². The Morgan fingerprint density at radius 3 is 1.78 bits per heavy atom. The van der Waals surface area contributed by atoms with E-state index in [1.54, 1.807) is 0 Å². The van der Waals surface area contributed by atoms with E-state index in [0.717, 1.165) is 17.9 Å². The van der Waals surface area contributed by atoms with Crippen LogP contribution in [0.2, 0.25) is 0 Å². The first-order valence-corrected chi connectivity index (χ1v) is 6.62. The van der Waals surface area contributed by atoms with Crippen molar-refractivity contribution in [1.29, 1.82) is 0 Å². The molecule has 0 aromatic heterocycles. The third-order valence-corrected chi connectivity index (χ3v) is 2.25. The number of ether oxygens (including phenoxy) is 2. The molecule has 0 radical (unpaired) electrons. The SMILES string of the molecule is CCc1ccc(OC(C)(C)C)c(OC(C)(C)C)c1. The molecule has 2 nitrogen and oxygen atoms in total. The Balaban J connectivity index is 3.08. The second-order valence-electron chi connectivity index (χ2n) is 6.56. The van der Waals surface area contributed by atoms with Gasteiger partial charge in [-0.3, -0.25) is 0 Å². The average molecular weight is 250 g/mol. The van der Waals surface area contributed by atoms with E-state index in [2.05, 4.69) is 19.1 Å². The molecule has 2 heteroatoms. The van der Waals surface area contributed by atoms with Crippen molar-refractivity contribution in [3.8, 4) is 11.5 Å². The standard InChI is InChI=1S/C16H26O2/c1-8-12-9-10-13(17-15(2,3)4)14(11-12)18-16(5,6)7/h9-11H,8H2,1-7H3. The van der Waals surface area contributed by atoms with Gasteiger partial charge in [0.1, 0.15) is 11.2 Å². The Hall–Kier alpha value is -1.18. The molecule has 0 aliphatic rings. The molecule has 0 aliphatic heterocycles. The molecule has 18 heavy (non-hydrogen) atoms. The second kappa shape index (κ2) is 5.21. The summed E-state index contributed by atoms with van der Waals surface area (Å²) in [5.41, 5.74) is 0.821. The molecule has 0 bridgehead atoms. The van der Waals surface area contributed by atoms with Crippen LogP contribution >= 0.6 is 0 Å². The van der Waals surface area contributed by atoms with Crippen LogP contribution in [0.15, 0.2) is 18.2 Å². The summed E-state index contributed by atoms with van der Waals surface area (Å²) in [6, 6.07) is 6.17. The van der Waals surface area contributed by atoms with Crippen LogP contribution in [0.4, 0.5) is 0 Å².